The van der Waals surface area contributed by atoms with E-state index in [4.69, 9.17) is 20.9 Å². The van der Waals surface area contributed by atoms with Gasteiger partial charge in [0.15, 0.2) is 22.2 Å². The first-order valence-corrected chi connectivity index (χ1v) is 22.5. The summed E-state index contributed by atoms with van der Waals surface area (Å²) in [5.41, 5.74) is 9.86. The van der Waals surface area contributed by atoms with Gasteiger partial charge in [-0.05, 0) is 60.7 Å². The van der Waals surface area contributed by atoms with Crippen molar-refractivity contribution in [2.45, 2.75) is 19.6 Å². The lowest BCUT2D eigenvalue weighted by atomic mass is 10.2. The minimum Gasteiger partial charge on any atom is -0.397 e. The molecule has 32 heteroatoms. The number of hydrogen-bond donors (Lipinski definition) is 8. The Morgan fingerprint density at radius 3 is 1.87 bits per heavy atom. The highest BCUT2D eigenvalue weighted by atomic mass is 32.2. The van der Waals surface area contributed by atoms with E-state index in [1.165, 1.54) is 18.2 Å². The maximum atomic E-state index is 14.5. The van der Waals surface area contributed by atoms with Crippen molar-refractivity contribution in [1.82, 2.24) is 15.0 Å². The third kappa shape index (κ3) is 12.3. The molecule has 0 aliphatic rings. The molecule has 10 N–H and O–H groups in total. The Hall–Kier alpha value is -5.91. The summed E-state index contributed by atoms with van der Waals surface area (Å²) in [5, 5.41) is 31.8. The molecule has 0 saturated carbocycles. The van der Waals surface area contributed by atoms with Crippen LogP contribution in [0.2, 0.25) is 0 Å². The van der Waals surface area contributed by atoms with Crippen molar-refractivity contribution in [3.63, 3.8) is 0 Å². The van der Waals surface area contributed by atoms with E-state index in [0.717, 1.165) is 48.5 Å². The highest BCUT2D eigenvalue weighted by Crippen LogP contribution is 2.38. The quantitative estimate of drug-likeness (QED) is 0.0109. The van der Waals surface area contributed by atoms with Crippen LogP contribution >= 0.6 is 12.3 Å². The number of halogens is 1. The maximum absolute atomic E-state index is 14.5. The molecule has 0 aliphatic carbocycles. The van der Waals surface area contributed by atoms with E-state index in [9.17, 15) is 51.7 Å². The van der Waals surface area contributed by atoms with Gasteiger partial charge < -0.3 is 22.1 Å². The number of aromatic nitrogens is 3. The third-order valence-corrected chi connectivity index (χ3v) is 12.1. The van der Waals surface area contributed by atoms with Crippen molar-refractivity contribution in [3.8, 4) is 0 Å². The van der Waals surface area contributed by atoms with E-state index in [1.54, 1.807) is 0 Å². The molecule has 0 radical (unpaired) electrons. The standard InChI is InChI=1S/C29H26FN11O15S5/c30-27-35-28(37-29(36-27)34-19-3-1-2-4-24(19)59(45,46)47)33-15-5-8-25(60(48,49)50)23(11-15)41-40-22-14-21(17(31)13-18(22)32)39-38-20-7-6-16(12-26(20)61(51,52)53)58(43,44)10-9-54-57-56-55-42/h1-8,11-14,42H,9-10,31-32H2,(H,45,46,47)(H,48,49,50)(H,51,52,53)(H2,33,34,35,36,37)/b39-38+,41-40+. The van der Waals surface area contributed by atoms with Gasteiger partial charge in [0.2, 0.25) is 11.9 Å². The first-order valence-electron chi connectivity index (χ1n) is 15.8. The molecule has 5 rings (SSSR count). The van der Waals surface area contributed by atoms with Crippen LogP contribution in [0.15, 0.2) is 113 Å². The van der Waals surface area contributed by atoms with Gasteiger partial charge in [-0.3, -0.25) is 17.8 Å². The van der Waals surface area contributed by atoms with Gasteiger partial charge in [0.05, 0.1) is 34.3 Å². The Morgan fingerprint density at radius 1 is 0.656 bits per heavy atom. The van der Waals surface area contributed by atoms with Crippen LogP contribution < -0.4 is 22.1 Å². The SMILES string of the molecule is Nc1cc(N)c(/N=N/c2ccc(S(=O)(=O)CCOSOOO)cc2S(=O)(=O)O)cc1/N=N/c1cc(Nc2nc(F)nc(Nc3ccccc3S(=O)(=O)O)n2)ccc1S(=O)(=O)O. The summed E-state index contributed by atoms with van der Waals surface area (Å²) in [7, 11) is -19.0. The van der Waals surface area contributed by atoms with Crippen LogP contribution in [0.3, 0.4) is 0 Å². The minimum atomic E-state index is -5.12. The van der Waals surface area contributed by atoms with Crippen LogP contribution in [0.5, 0.6) is 0 Å². The van der Waals surface area contributed by atoms with E-state index in [1.807, 2.05) is 0 Å². The normalized spacial score (nSPS) is 12.6. The Balaban J connectivity index is 1.43. The molecular weight excluding hydrogens is 922 g/mol. The number of para-hydroxylation sites is 1. The highest BCUT2D eigenvalue weighted by molar-refractivity contribution is 7.91. The summed E-state index contributed by atoms with van der Waals surface area (Å²) in [4.78, 5) is 7.98. The number of benzene rings is 4. The number of azo groups is 2. The Bertz CT molecular complexity index is 3000. The lowest BCUT2D eigenvalue weighted by Gasteiger charge is -2.11. The lowest BCUT2D eigenvalue weighted by Crippen LogP contribution is -2.12. The summed E-state index contributed by atoms with van der Waals surface area (Å²) < 4.78 is 150. The molecule has 61 heavy (non-hydrogen) atoms. The van der Waals surface area contributed by atoms with Gasteiger partial charge in [-0.2, -0.15) is 44.6 Å². The number of anilines is 6. The fraction of sp³-hybridized carbons (Fsp3) is 0.0690. The van der Waals surface area contributed by atoms with Gasteiger partial charge in [0.1, 0.15) is 37.4 Å². The predicted molar refractivity (Wildman–Crippen MR) is 209 cm³/mol. The Labute approximate surface area is 347 Å². The zero-order valence-corrected chi connectivity index (χ0v) is 33.9. The molecule has 0 saturated heterocycles. The minimum absolute atomic E-state index is 0.0699. The summed E-state index contributed by atoms with van der Waals surface area (Å²) in [6, 6.07) is 12.7. The molecule has 324 valence electrons. The number of rotatable bonds is 18. The van der Waals surface area contributed by atoms with E-state index in [-0.39, 0.29) is 46.4 Å². The van der Waals surface area contributed by atoms with Crippen molar-refractivity contribution >= 4 is 110 Å². The fourth-order valence-electron chi connectivity index (χ4n) is 4.70. The van der Waals surface area contributed by atoms with Crippen molar-refractivity contribution < 1.29 is 70.5 Å². The van der Waals surface area contributed by atoms with E-state index in [0.29, 0.717) is 6.07 Å². The zero-order valence-electron chi connectivity index (χ0n) is 29.8. The second-order valence-electron chi connectivity index (χ2n) is 11.5. The zero-order chi connectivity index (χ0) is 44.8. The molecule has 0 spiro atoms. The van der Waals surface area contributed by atoms with Crippen molar-refractivity contribution in [1.29, 1.82) is 0 Å². The third-order valence-electron chi connectivity index (χ3n) is 7.33. The topological polar surface area (TPSA) is 409 Å². The summed E-state index contributed by atoms with van der Waals surface area (Å²) in [6.45, 7) is -0.503. The van der Waals surface area contributed by atoms with E-state index >= 15 is 0 Å². The van der Waals surface area contributed by atoms with Crippen LogP contribution in [-0.2, 0) is 53.7 Å². The van der Waals surface area contributed by atoms with Gasteiger partial charge in [-0.25, -0.2) is 13.7 Å². The molecule has 0 aliphatic heterocycles. The van der Waals surface area contributed by atoms with Crippen LogP contribution in [0.25, 0.3) is 0 Å². The summed E-state index contributed by atoms with van der Waals surface area (Å²) >= 11 is 0.109. The van der Waals surface area contributed by atoms with E-state index < -0.39 is 101 Å². The number of nitrogens with one attached hydrogen (secondary N) is 2. The average molecular weight is 948 g/mol. The molecular formula is C29H26FN11O15S5. The molecule has 5 aromatic rings. The van der Waals surface area contributed by atoms with Crippen LogP contribution in [0.1, 0.15) is 0 Å². The molecule has 0 amide bonds. The van der Waals surface area contributed by atoms with Gasteiger partial charge >= 0.3 is 6.08 Å². The smallest absolute Gasteiger partial charge is 0.315 e. The molecule has 1 heterocycles. The molecule has 1 aromatic heterocycles. The number of nitrogen functional groups attached to an aromatic ring is 2. The first kappa shape index (κ1) is 46.2. The first-order chi connectivity index (χ1) is 28.5. The highest BCUT2D eigenvalue weighted by Gasteiger charge is 2.23. The summed E-state index contributed by atoms with van der Waals surface area (Å²) in [6.07, 6.45) is -1.36. The Morgan fingerprint density at radius 2 is 1.25 bits per heavy atom. The van der Waals surface area contributed by atoms with Crippen molar-refractivity contribution in [3.05, 3.63) is 78.9 Å². The maximum Gasteiger partial charge on any atom is 0.315 e. The van der Waals surface area contributed by atoms with E-state index in [2.05, 4.69) is 55.4 Å². The largest absolute Gasteiger partial charge is 0.397 e. The monoisotopic (exact) mass is 947 g/mol. The van der Waals surface area contributed by atoms with Crippen LogP contribution in [-0.4, -0.2) is 79.9 Å². The van der Waals surface area contributed by atoms with Crippen LogP contribution in [0, 0.1) is 6.08 Å². The molecule has 0 unspecified atom stereocenters. The van der Waals surface area contributed by atoms with Gasteiger partial charge in [-0.1, -0.05) is 17.2 Å². The molecule has 0 bridgehead atoms. The molecule has 4 aromatic carbocycles. The van der Waals surface area contributed by atoms with Gasteiger partial charge in [0.25, 0.3) is 30.4 Å². The average Bonchev–Trinajstić information content (AvgIpc) is 3.16. The second kappa shape index (κ2) is 18.8. The number of nitrogens with two attached hydrogens (primary N) is 2. The number of nitrogens with zero attached hydrogens (tertiary/aromatic N) is 7. The second-order valence-corrected chi connectivity index (χ2v) is 18.2. The van der Waals surface area contributed by atoms with Crippen LogP contribution in [0.4, 0.5) is 61.8 Å². The van der Waals surface area contributed by atoms with Gasteiger partial charge in [0, 0.05) is 5.69 Å². The predicted octanol–water partition coefficient (Wildman–Crippen LogP) is 5.01. The molecule has 26 nitrogen and oxygen atoms in total. The fourth-order valence-corrected chi connectivity index (χ4v) is 8.11. The lowest BCUT2D eigenvalue weighted by molar-refractivity contribution is -0.434. The number of hydrogen-bond acceptors (Lipinski definition) is 24. The Kier molecular flexibility index (Phi) is 14.2. The summed E-state index contributed by atoms with van der Waals surface area (Å²) in [5.74, 6) is -1.73. The molecule has 0 atom stereocenters. The molecule has 0 fully saturated rings. The van der Waals surface area contributed by atoms with Gasteiger partial charge in [-0.15, -0.1) is 24.8 Å². The number of sulfone groups is 1. The van der Waals surface area contributed by atoms with Crippen molar-refractivity contribution in [2.75, 3.05) is 34.5 Å². The van der Waals surface area contributed by atoms with Crippen molar-refractivity contribution in [2.24, 2.45) is 20.5 Å².